The third-order valence-electron chi connectivity index (χ3n) is 2.07. The maximum atomic E-state index is 11.6. The van der Waals surface area contributed by atoms with E-state index in [1.54, 1.807) is 24.3 Å². The number of amides is 1. The molecule has 0 saturated carbocycles. The van der Waals surface area contributed by atoms with Gasteiger partial charge in [-0.3, -0.25) is 4.79 Å². The van der Waals surface area contributed by atoms with Crippen LogP contribution in [0.1, 0.15) is 0 Å². The lowest BCUT2D eigenvalue weighted by atomic mass is 10.3. The van der Waals surface area contributed by atoms with Crippen molar-refractivity contribution in [3.63, 3.8) is 0 Å². The quantitative estimate of drug-likeness (QED) is 0.602. The van der Waals surface area contributed by atoms with Crippen molar-refractivity contribution in [2.45, 2.75) is 0 Å². The van der Waals surface area contributed by atoms with E-state index in [4.69, 9.17) is 5.73 Å². The Morgan fingerprint density at radius 2 is 2.06 bits per heavy atom. The first kappa shape index (κ1) is 14.8. The van der Waals surface area contributed by atoms with Crippen molar-refractivity contribution in [2.24, 2.45) is 0 Å². The van der Waals surface area contributed by atoms with Crippen molar-refractivity contribution in [1.82, 2.24) is 0 Å². The summed E-state index contributed by atoms with van der Waals surface area (Å²) in [5.41, 5.74) is 6.76. The van der Waals surface area contributed by atoms with E-state index < -0.39 is 9.84 Å². The first-order valence-electron chi connectivity index (χ1n) is 5.28. The predicted octanol–water partition coefficient (Wildman–Crippen LogP) is 0.985. The lowest BCUT2D eigenvalue weighted by Crippen LogP contribution is -2.16. The molecular weight excluding hydrogens is 272 g/mol. The number of carbonyl (C=O) groups excluding carboxylic acids is 1. The normalized spacial score (nSPS) is 11.2. The molecule has 1 amide bonds. The number of benzene rings is 1. The monoisotopic (exact) mass is 288 g/mol. The van der Waals surface area contributed by atoms with Gasteiger partial charge in [0.1, 0.15) is 9.84 Å². The standard InChI is InChI=1S/C11H16N2O3S2/c1-18(15,16)7-6-17-8-11(14)13-10-5-3-2-4-9(10)12/h2-5H,6-8,12H2,1H3,(H,13,14). The van der Waals surface area contributed by atoms with E-state index in [9.17, 15) is 13.2 Å². The summed E-state index contributed by atoms with van der Waals surface area (Å²) in [7, 11) is -2.96. The van der Waals surface area contributed by atoms with Gasteiger partial charge in [0, 0.05) is 12.0 Å². The average molecular weight is 288 g/mol. The second-order valence-electron chi connectivity index (χ2n) is 3.82. The third kappa shape index (κ3) is 5.92. The van der Waals surface area contributed by atoms with Crippen molar-refractivity contribution in [3.05, 3.63) is 24.3 Å². The smallest absolute Gasteiger partial charge is 0.234 e. The number of nitrogen functional groups attached to an aromatic ring is 1. The number of sulfone groups is 1. The summed E-state index contributed by atoms with van der Waals surface area (Å²) in [5, 5.41) is 2.67. The molecule has 100 valence electrons. The van der Waals surface area contributed by atoms with Gasteiger partial charge in [0.25, 0.3) is 0 Å². The summed E-state index contributed by atoms with van der Waals surface area (Å²) in [5.74, 6) is 0.519. The Morgan fingerprint density at radius 1 is 1.39 bits per heavy atom. The predicted molar refractivity (Wildman–Crippen MR) is 76.5 cm³/mol. The average Bonchev–Trinajstić information content (AvgIpc) is 2.26. The van der Waals surface area contributed by atoms with Gasteiger partial charge in [0.15, 0.2) is 0 Å². The Kier molecular flexibility index (Phi) is 5.49. The molecule has 0 saturated heterocycles. The number of nitrogens with two attached hydrogens (primary N) is 1. The summed E-state index contributed by atoms with van der Waals surface area (Å²) in [6.45, 7) is 0. The fourth-order valence-corrected chi connectivity index (χ4v) is 3.26. The first-order chi connectivity index (χ1) is 8.38. The summed E-state index contributed by atoms with van der Waals surface area (Å²) >= 11 is 1.28. The Morgan fingerprint density at radius 3 is 2.67 bits per heavy atom. The molecule has 1 aromatic carbocycles. The first-order valence-corrected chi connectivity index (χ1v) is 8.50. The maximum Gasteiger partial charge on any atom is 0.234 e. The molecule has 0 aliphatic rings. The molecule has 18 heavy (non-hydrogen) atoms. The number of thioether (sulfide) groups is 1. The van der Waals surface area contributed by atoms with Crippen molar-refractivity contribution in [1.29, 1.82) is 0 Å². The zero-order chi connectivity index (χ0) is 13.6. The number of rotatable bonds is 6. The molecule has 1 rings (SSSR count). The molecule has 0 unspecified atom stereocenters. The van der Waals surface area contributed by atoms with Gasteiger partial charge < -0.3 is 11.1 Å². The van der Waals surface area contributed by atoms with Crippen LogP contribution in [0, 0.1) is 0 Å². The van der Waals surface area contributed by atoms with Gasteiger partial charge in [-0.2, -0.15) is 11.8 Å². The third-order valence-corrected chi connectivity index (χ3v) is 4.23. The molecule has 0 fully saturated rings. The Labute approximate surface area is 111 Å². The van der Waals surface area contributed by atoms with Crippen LogP contribution in [0.2, 0.25) is 0 Å². The number of para-hydroxylation sites is 2. The van der Waals surface area contributed by atoms with Gasteiger partial charge in [0.2, 0.25) is 5.91 Å². The number of hydrogen-bond donors (Lipinski definition) is 2. The van der Waals surface area contributed by atoms with Crippen LogP contribution in [0.15, 0.2) is 24.3 Å². The molecule has 5 nitrogen and oxygen atoms in total. The fourth-order valence-electron chi connectivity index (χ4n) is 1.17. The minimum atomic E-state index is -2.96. The highest BCUT2D eigenvalue weighted by atomic mass is 32.2. The Bertz CT molecular complexity index is 515. The zero-order valence-electron chi connectivity index (χ0n) is 10.0. The highest BCUT2D eigenvalue weighted by Crippen LogP contribution is 2.16. The van der Waals surface area contributed by atoms with Crippen LogP contribution in [0.3, 0.4) is 0 Å². The molecule has 0 bridgehead atoms. The van der Waals surface area contributed by atoms with Gasteiger partial charge >= 0.3 is 0 Å². The highest BCUT2D eigenvalue weighted by Gasteiger charge is 2.06. The van der Waals surface area contributed by atoms with Crippen LogP contribution < -0.4 is 11.1 Å². The van der Waals surface area contributed by atoms with Crippen LogP contribution >= 0.6 is 11.8 Å². The number of hydrogen-bond acceptors (Lipinski definition) is 5. The van der Waals surface area contributed by atoms with Crippen LogP contribution in [0.4, 0.5) is 11.4 Å². The molecule has 0 aliphatic carbocycles. The van der Waals surface area contributed by atoms with E-state index in [0.29, 0.717) is 17.1 Å². The van der Waals surface area contributed by atoms with Crippen LogP contribution in [0.25, 0.3) is 0 Å². The largest absolute Gasteiger partial charge is 0.397 e. The fraction of sp³-hybridized carbons (Fsp3) is 0.364. The molecule has 0 atom stereocenters. The van der Waals surface area contributed by atoms with Gasteiger partial charge in [-0.25, -0.2) is 8.42 Å². The highest BCUT2D eigenvalue weighted by molar-refractivity contribution is 8.01. The van der Waals surface area contributed by atoms with Crippen LogP contribution in [-0.4, -0.2) is 37.8 Å². The van der Waals surface area contributed by atoms with E-state index in [2.05, 4.69) is 5.32 Å². The zero-order valence-corrected chi connectivity index (χ0v) is 11.7. The molecule has 0 heterocycles. The van der Waals surface area contributed by atoms with Gasteiger partial charge in [0.05, 0.1) is 22.9 Å². The van der Waals surface area contributed by atoms with Gasteiger partial charge in [-0.1, -0.05) is 12.1 Å². The summed E-state index contributed by atoms with van der Waals surface area (Å²) in [6, 6.07) is 6.98. The second kappa shape index (κ2) is 6.65. The molecule has 0 radical (unpaired) electrons. The lowest BCUT2D eigenvalue weighted by Gasteiger charge is -2.07. The van der Waals surface area contributed by atoms with Crippen molar-refractivity contribution in [3.8, 4) is 0 Å². The minimum absolute atomic E-state index is 0.0818. The molecule has 0 aromatic heterocycles. The maximum absolute atomic E-state index is 11.6. The van der Waals surface area contributed by atoms with E-state index in [0.717, 1.165) is 0 Å². The SMILES string of the molecule is CS(=O)(=O)CCSCC(=O)Nc1ccccc1N. The molecule has 0 spiro atoms. The van der Waals surface area contributed by atoms with Crippen molar-refractivity contribution >= 4 is 38.9 Å². The Hall–Kier alpha value is -1.21. The summed E-state index contributed by atoms with van der Waals surface area (Å²) in [4.78, 5) is 11.6. The van der Waals surface area contributed by atoms with Crippen molar-refractivity contribution < 1.29 is 13.2 Å². The molecule has 3 N–H and O–H groups in total. The second-order valence-corrected chi connectivity index (χ2v) is 7.18. The van der Waals surface area contributed by atoms with E-state index in [1.807, 2.05) is 0 Å². The van der Waals surface area contributed by atoms with E-state index in [-0.39, 0.29) is 17.4 Å². The van der Waals surface area contributed by atoms with Crippen molar-refractivity contribution in [2.75, 3.05) is 34.6 Å². The van der Waals surface area contributed by atoms with Gasteiger partial charge in [-0.05, 0) is 12.1 Å². The summed E-state index contributed by atoms with van der Waals surface area (Å²) < 4.78 is 21.8. The Balaban J connectivity index is 2.33. The topological polar surface area (TPSA) is 89.3 Å². The van der Waals surface area contributed by atoms with Gasteiger partial charge in [-0.15, -0.1) is 0 Å². The number of anilines is 2. The summed E-state index contributed by atoms with van der Waals surface area (Å²) in [6.07, 6.45) is 1.18. The van der Waals surface area contributed by atoms with E-state index >= 15 is 0 Å². The molecular formula is C11H16N2O3S2. The number of carbonyl (C=O) groups is 1. The molecule has 7 heteroatoms. The molecule has 1 aromatic rings. The lowest BCUT2D eigenvalue weighted by molar-refractivity contribution is -0.113. The molecule has 0 aliphatic heterocycles. The van der Waals surface area contributed by atoms with E-state index in [1.165, 1.54) is 18.0 Å². The van der Waals surface area contributed by atoms with Crippen LogP contribution in [-0.2, 0) is 14.6 Å². The number of nitrogens with one attached hydrogen (secondary N) is 1. The minimum Gasteiger partial charge on any atom is -0.397 e. The van der Waals surface area contributed by atoms with Crippen LogP contribution in [0.5, 0.6) is 0 Å².